The van der Waals surface area contributed by atoms with Crippen LogP contribution in [0.15, 0.2) is 42.7 Å². The van der Waals surface area contributed by atoms with Crippen LogP contribution in [-0.2, 0) is 4.79 Å². The smallest absolute Gasteiger partial charge is 0.408 e. The van der Waals surface area contributed by atoms with E-state index in [2.05, 4.69) is 21.5 Å². The number of benzene rings is 1. The molecule has 0 spiro atoms. The lowest BCUT2D eigenvalue weighted by Gasteiger charge is -2.40. The summed E-state index contributed by atoms with van der Waals surface area (Å²) < 4.78 is 5.58. The Balaban J connectivity index is 1.46. The molecule has 0 radical (unpaired) electrons. The molecule has 3 aliphatic rings. The van der Waals surface area contributed by atoms with Crippen LogP contribution < -0.4 is 20.0 Å². The minimum absolute atomic E-state index is 0.0378. The van der Waals surface area contributed by atoms with Crippen molar-refractivity contribution >= 4 is 23.4 Å². The quantitative estimate of drug-likeness (QED) is 0.821. The molecule has 31 heavy (non-hydrogen) atoms. The molecule has 2 atom stereocenters. The average molecular weight is 422 g/mol. The fourth-order valence-electron chi connectivity index (χ4n) is 4.59. The Bertz CT molecular complexity index is 994. The summed E-state index contributed by atoms with van der Waals surface area (Å²) in [5, 5.41) is 2.34. The Hall–Kier alpha value is -2.97. The van der Waals surface area contributed by atoms with Gasteiger partial charge in [-0.3, -0.25) is 20.1 Å². The molecule has 1 unspecified atom stereocenters. The predicted octanol–water partition coefficient (Wildman–Crippen LogP) is 2.91. The summed E-state index contributed by atoms with van der Waals surface area (Å²) in [7, 11) is 0. The number of anilines is 2. The molecule has 1 saturated carbocycles. The maximum Gasteiger partial charge on any atom is 0.419 e. The maximum atomic E-state index is 13.1. The van der Waals surface area contributed by atoms with E-state index in [1.54, 1.807) is 35.1 Å². The first-order chi connectivity index (χ1) is 15.0. The molecule has 2 amide bonds. The number of aromatic nitrogens is 1. The van der Waals surface area contributed by atoms with Gasteiger partial charge in [0.15, 0.2) is 5.75 Å². The first kappa shape index (κ1) is 20.0. The Morgan fingerprint density at radius 1 is 1.16 bits per heavy atom. The summed E-state index contributed by atoms with van der Waals surface area (Å²) in [6.45, 7) is 5.70. The summed E-state index contributed by atoms with van der Waals surface area (Å²) in [6, 6.07) is 10.0. The van der Waals surface area contributed by atoms with Crippen molar-refractivity contribution in [3.05, 3.63) is 48.3 Å². The zero-order valence-corrected chi connectivity index (χ0v) is 17.8. The lowest BCUT2D eigenvalue weighted by molar-refractivity contribution is -0.117. The Labute approximate surface area is 181 Å². The number of nitrogens with one attached hydrogen (secondary N) is 1. The highest BCUT2D eigenvalue weighted by Gasteiger charge is 2.37. The molecule has 1 N–H and O–H groups in total. The van der Waals surface area contributed by atoms with Gasteiger partial charge in [-0.15, -0.1) is 0 Å². The molecule has 8 heteroatoms. The van der Waals surface area contributed by atoms with E-state index in [4.69, 9.17) is 4.74 Å². The standard InChI is InChI=1S/C23H27N5O3/c1-15-13-26(23(30)31-20-4-3-9-24-12-20)22-10-17(5-8-21(22)28(15)16(2)29)18-11-25-27(14-18)19-6-7-19/h3-5,8-10,12,15,18-19,25H,6-7,11,13-14H2,1-2H3/t15-,18?/m0/s1. The number of carbonyl (C=O) groups is 2. The van der Waals surface area contributed by atoms with Crippen LogP contribution in [0.5, 0.6) is 5.75 Å². The molecule has 3 heterocycles. The van der Waals surface area contributed by atoms with Crippen molar-refractivity contribution < 1.29 is 14.3 Å². The third-order valence-corrected chi connectivity index (χ3v) is 6.25. The van der Waals surface area contributed by atoms with Gasteiger partial charge in [0.1, 0.15) is 0 Å². The van der Waals surface area contributed by atoms with Crippen LogP contribution in [0.3, 0.4) is 0 Å². The number of nitrogens with zero attached hydrogens (tertiary/aromatic N) is 4. The number of hydrogen-bond acceptors (Lipinski definition) is 6. The predicted molar refractivity (Wildman–Crippen MR) is 117 cm³/mol. The number of fused-ring (bicyclic) bond motifs is 1. The summed E-state index contributed by atoms with van der Waals surface area (Å²) in [6.07, 6.45) is 5.19. The second-order valence-corrected chi connectivity index (χ2v) is 8.60. The zero-order chi connectivity index (χ0) is 21.5. The molecule has 5 rings (SSSR count). The third kappa shape index (κ3) is 3.88. The first-order valence-electron chi connectivity index (χ1n) is 10.8. The number of carbonyl (C=O) groups excluding carboxylic acids is 2. The highest BCUT2D eigenvalue weighted by molar-refractivity contribution is 6.02. The van der Waals surface area contributed by atoms with Gasteiger partial charge < -0.3 is 9.64 Å². The van der Waals surface area contributed by atoms with E-state index in [0.717, 1.165) is 24.3 Å². The van der Waals surface area contributed by atoms with Gasteiger partial charge in [-0.2, -0.15) is 0 Å². The molecule has 8 nitrogen and oxygen atoms in total. The molecule has 2 aromatic rings. The van der Waals surface area contributed by atoms with E-state index in [9.17, 15) is 9.59 Å². The number of hydrogen-bond donors (Lipinski definition) is 1. The molecule has 2 fully saturated rings. The minimum Gasteiger partial charge on any atom is -0.408 e. The van der Waals surface area contributed by atoms with Crippen molar-refractivity contribution in [3.63, 3.8) is 0 Å². The zero-order valence-electron chi connectivity index (χ0n) is 17.8. The normalized spacial score (nSPS) is 23.5. The number of amides is 2. The van der Waals surface area contributed by atoms with Crippen molar-refractivity contribution in [2.75, 3.05) is 29.4 Å². The fraction of sp³-hybridized carbons (Fsp3) is 0.435. The van der Waals surface area contributed by atoms with E-state index in [-0.39, 0.29) is 11.9 Å². The first-order valence-corrected chi connectivity index (χ1v) is 10.8. The summed E-state index contributed by atoms with van der Waals surface area (Å²) >= 11 is 0. The van der Waals surface area contributed by atoms with Crippen LogP contribution in [0, 0.1) is 0 Å². The van der Waals surface area contributed by atoms with Gasteiger partial charge in [-0.25, -0.2) is 9.80 Å². The number of rotatable bonds is 3. The molecule has 162 valence electrons. The van der Waals surface area contributed by atoms with Crippen molar-refractivity contribution in [1.82, 2.24) is 15.4 Å². The van der Waals surface area contributed by atoms with E-state index in [1.807, 2.05) is 19.1 Å². The Kier molecular flexibility index (Phi) is 5.11. The highest BCUT2D eigenvalue weighted by Crippen LogP contribution is 2.39. The van der Waals surface area contributed by atoms with Crippen molar-refractivity contribution in [1.29, 1.82) is 0 Å². The van der Waals surface area contributed by atoms with E-state index >= 15 is 0 Å². The van der Waals surface area contributed by atoms with Crippen LogP contribution in [0.1, 0.15) is 38.2 Å². The number of hydrazine groups is 1. The van der Waals surface area contributed by atoms with Crippen molar-refractivity contribution in [3.8, 4) is 5.75 Å². The van der Waals surface area contributed by atoms with Gasteiger partial charge in [-0.05, 0) is 49.6 Å². The molecule has 1 aliphatic carbocycles. The second-order valence-electron chi connectivity index (χ2n) is 8.60. The van der Waals surface area contributed by atoms with Crippen LogP contribution in [0.2, 0.25) is 0 Å². The highest BCUT2D eigenvalue weighted by atomic mass is 16.6. The third-order valence-electron chi connectivity index (χ3n) is 6.25. The molecular weight excluding hydrogens is 394 g/mol. The van der Waals surface area contributed by atoms with E-state index < -0.39 is 6.09 Å². The molecule has 0 bridgehead atoms. The van der Waals surface area contributed by atoms with Crippen LogP contribution in [0.25, 0.3) is 0 Å². The topological polar surface area (TPSA) is 78.0 Å². The second kappa shape index (κ2) is 7.94. The van der Waals surface area contributed by atoms with E-state index in [0.29, 0.717) is 29.9 Å². The fourth-order valence-corrected chi connectivity index (χ4v) is 4.59. The lowest BCUT2D eigenvalue weighted by atomic mass is 9.97. The molecule has 1 saturated heterocycles. The van der Waals surface area contributed by atoms with E-state index in [1.165, 1.54) is 19.0 Å². The molecular formula is C23H27N5O3. The summed E-state index contributed by atoms with van der Waals surface area (Å²) in [4.78, 5) is 32.9. The van der Waals surface area contributed by atoms with Crippen molar-refractivity contribution in [2.45, 2.75) is 44.7 Å². The summed E-state index contributed by atoms with van der Waals surface area (Å²) in [5.41, 5.74) is 6.12. The number of ether oxygens (including phenoxy) is 1. The van der Waals surface area contributed by atoms with Gasteiger partial charge >= 0.3 is 6.09 Å². The monoisotopic (exact) mass is 421 g/mol. The maximum absolute atomic E-state index is 13.1. The molecule has 2 aliphatic heterocycles. The van der Waals surface area contributed by atoms with Gasteiger partial charge in [0.05, 0.1) is 23.6 Å². The molecule has 1 aromatic heterocycles. The Morgan fingerprint density at radius 2 is 2.00 bits per heavy atom. The van der Waals surface area contributed by atoms with Gasteiger partial charge in [0, 0.05) is 44.7 Å². The average Bonchev–Trinajstić information content (AvgIpc) is 3.49. The largest absolute Gasteiger partial charge is 0.419 e. The van der Waals surface area contributed by atoms with Crippen LogP contribution >= 0.6 is 0 Å². The van der Waals surface area contributed by atoms with Crippen molar-refractivity contribution in [2.24, 2.45) is 0 Å². The van der Waals surface area contributed by atoms with Crippen LogP contribution in [0.4, 0.5) is 16.2 Å². The summed E-state index contributed by atoms with van der Waals surface area (Å²) in [5.74, 6) is 0.698. The van der Waals surface area contributed by atoms with Crippen LogP contribution in [-0.4, -0.2) is 53.7 Å². The SMILES string of the molecule is CC(=O)N1c2ccc(C3CNN(C4CC4)C3)cc2N(C(=O)Oc2cccnc2)C[C@@H]1C. The van der Waals surface area contributed by atoms with Gasteiger partial charge in [0.2, 0.25) is 5.91 Å². The number of pyridine rings is 1. The minimum atomic E-state index is -0.467. The van der Waals surface area contributed by atoms with Gasteiger partial charge in [0.25, 0.3) is 0 Å². The van der Waals surface area contributed by atoms with Gasteiger partial charge in [-0.1, -0.05) is 6.07 Å². The lowest BCUT2D eigenvalue weighted by Crippen LogP contribution is -2.52. The molecule has 1 aromatic carbocycles. The Morgan fingerprint density at radius 3 is 2.71 bits per heavy atom.